The van der Waals surface area contributed by atoms with Gasteiger partial charge in [-0.05, 0) is 22.9 Å². The Morgan fingerprint density at radius 2 is 2.27 bits per heavy atom. The van der Waals surface area contributed by atoms with Crippen LogP contribution in [0.3, 0.4) is 0 Å². The number of aliphatic imine (C=N–C) groups is 1. The van der Waals surface area contributed by atoms with Gasteiger partial charge in [0.1, 0.15) is 5.76 Å². The van der Waals surface area contributed by atoms with E-state index in [1.54, 1.807) is 13.3 Å². The van der Waals surface area contributed by atoms with Crippen LogP contribution in [-0.2, 0) is 4.74 Å². The van der Waals surface area contributed by atoms with Crippen LogP contribution in [0.1, 0.15) is 6.92 Å². The zero-order valence-corrected chi connectivity index (χ0v) is 9.52. The van der Waals surface area contributed by atoms with Crippen molar-refractivity contribution in [1.82, 2.24) is 0 Å². The molecule has 0 N–H and O–H groups in total. The van der Waals surface area contributed by atoms with Crippen molar-refractivity contribution >= 4 is 38.1 Å². The van der Waals surface area contributed by atoms with Crippen molar-refractivity contribution in [2.24, 2.45) is 4.99 Å². The zero-order chi connectivity index (χ0) is 8.43. The second-order valence-corrected chi connectivity index (χ2v) is 4.18. The summed E-state index contributed by atoms with van der Waals surface area (Å²) in [5.74, 6) is 0.910. The summed E-state index contributed by atoms with van der Waals surface area (Å²) >= 11 is 6.85. The molecule has 0 aliphatic carbocycles. The zero-order valence-electron chi connectivity index (χ0n) is 6.34. The van der Waals surface area contributed by atoms with E-state index < -0.39 is 0 Å². The number of hydrogen-bond acceptors (Lipinski definition) is 2. The van der Waals surface area contributed by atoms with E-state index >= 15 is 0 Å². The summed E-state index contributed by atoms with van der Waals surface area (Å²) in [4.78, 5) is 4.42. The quantitative estimate of drug-likeness (QED) is 0.677. The van der Waals surface area contributed by atoms with Gasteiger partial charge < -0.3 is 4.74 Å². The summed E-state index contributed by atoms with van der Waals surface area (Å²) in [5.41, 5.74) is 0. The SMILES string of the molecule is COC1=C(Br)C=NC(C)C1Br. The molecule has 0 bridgehead atoms. The summed E-state index contributed by atoms with van der Waals surface area (Å²) in [6, 6.07) is 0.242. The van der Waals surface area contributed by atoms with Crippen LogP contribution in [0.5, 0.6) is 0 Å². The lowest BCUT2D eigenvalue weighted by Gasteiger charge is -2.21. The Morgan fingerprint density at radius 3 is 2.73 bits per heavy atom. The molecule has 0 aromatic heterocycles. The van der Waals surface area contributed by atoms with E-state index in [9.17, 15) is 0 Å². The highest BCUT2D eigenvalue weighted by Gasteiger charge is 2.23. The Bertz CT molecular complexity index is 212. The molecule has 0 spiro atoms. The van der Waals surface area contributed by atoms with E-state index in [0.29, 0.717) is 0 Å². The van der Waals surface area contributed by atoms with Crippen molar-refractivity contribution < 1.29 is 4.74 Å². The van der Waals surface area contributed by atoms with Crippen LogP contribution >= 0.6 is 31.9 Å². The first-order chi connectivity index (χ1) is 5.16. The molecule has 0 amide bonds. The predicted octanol–water partition coefficient (Wildman–Crippen LogP) is 2.48. The molecule has 1 aliphatic rings. The molecular weight excluding hydrogens is 274 g/mol. The lowest BCUT2D eigenvalue weighted by Crippen LogP contribution is -2.23. The minimum Gasteiger partial charge on any atom is -0.499 e. The molecule has 11 heavy (non-hydrogen) atoms. The predicted molar refractivity (Wildman–Crippen MR) is 53.6 cm³/mol. The number of halogens is 2. The topological polar surface area (TPSA) is 21.6 Å². The van der Waals surface area contributed by atoms with Crippen LogP contribution in [0.4, 0.5) is 0 Å². The van der Waals surface area contributed by atoms with Gasteiger partial charge in [0.2, 0.25) is 0 Å². The van der Waals surface area contributed by atoms with Gasteiger partial charge >= 0.3 is 0 Å². The van der Waals surface area contributed by atoms with Gasteiger partial charge in [0.25, 0.3) is 0 Å². The lowest BCUT2D eigenvalue weighted by molar-refractivity contribution is 0.275. The van der Waals surface area contributed by atoms with Crippen LogP contribution in [0.15, 0.2) is 15.2 Å². The minimum atomic E-state index is 0.187. The van der Waals surface area contributed by atoms with Crippen molar-refractivity contribution in [2.45, 2.75) is 17.8 Å². The molecule has 4 heteroatoms. The maximum atomic E-state index is 5.18. The standard InChI is InChI=1S/C7H9Br2NO/c1-4-6(9)7(11-2)5(8)3-10-4/h3-4,6H,1-2H3. The third-order valence-corrected chi connectivity index (χ3v) is 3.33. The fraction of sp³-hybridized carbons (Fsp3) is 0.571. The summed E-state index contributed by atoms with van der Waals surface area (Å²) in [6.45, 7) is 2.04. The number of rotatable bonds is 1. The van der Waals surface area contributed by atoms with E-state index in [0.717, 1.165) is 10.2 Å². The molecular formula is C7H9Br2NO. The van der Waals surface area contributed by atoms with E-state index in [-0.39, 0.29) is 10.9 Å². The van der Waals surface area contributed by atoms with E-state index in [1.807, 2.05) is 6.92 Å². The first-order valence-corrected chi connectivity index (χ1v) is 4.98. The van der Waals surface area contributed by atoms with Crippen LogP contribution < -0.4 is 0 Å². The van der Waals surface area contributed by atoms with Gasteiger partial charge in [-0.1, -0.05) is 15.9 Å². The molecule has 0 saturated carbocycles. The molecule has 2 nitrogen and oxygen atoms in total. The molecule has 2 atom stereocenters. The summed E-state index contributed by atoms with van der Waals surface area (Å²) in [6.07, 6.45) is 1.78. The van der Waals surface area contributed by atoms with Crippen LogP contribution in [0.2, 0.25) is 0 Å². The third-order valence-electron chi connectivity index (χ3n) is 1.55. The number of hydrogen-bond donors (Lipinski definition) is 0. The molecule has 62 valence electrons. The number of methoxy groups -OCH3 is 1. The Hall–Kier alpha value is 0.170. The summed E-state index contributed by atoms with van der Waals surface area (Å²) in [7, 11) is 1.66. The Kier molecular flexibility index (Phi) is 3.13. The third kappa shape index (κ3) is 1.85. The van der Waals surface area contributed by atoms with Gasteiger partial charge in [-0.25, -0.2) is 0 Å². The first-order valence-electron chi connectivity index (χ1n) is 3.27. The molecule has 1 aliphatic heterocycles. The molecule has 0 fully saturated rings. The van der Waals surface area contributed by atoms with Crippen LogP contribution in [-0.4, -0.2) is 24.2 Å². The van der Waals surface area contributed by atoms with Crippen LogP contribution in [0.25, 0.3) is 0 Å². The Morgan fingerprint density at radius 1 is 1.64 bits per heavy atom. The smallest absolute Gasteiger partial charge is 0.127 e. The molecule has 1 heterocycles. The van der Waals surface area contributed by atoms with Gasteiger partial charge in [0, 0.05) is 6.21 Å². The van der Waals surface area contributed by atoms with Crippen LogP contribution in [0, 0.1) is 0 Å². The summed E-state index contributed by atoms with van der Waals surface area (Å²) in [5, 5.41) is 0. The Balaban J connectivity index is 2.89. The van der Waals surface area contributed by atoms with E-state index in [1.165, 1.54) is 0 Å². The van der Waals surface area contributed by atoms with Gasteiger partial charge in [-0.15, -0.1) is 0 Å². The molecule has 1 rings (SSSR count). The number of allylic oxidation sites excluding steroid dienone is 1. The first kappa shape index (κ1) is 9.26. The molecule has 0 radical (unpaired) electrons. The van der Waals surface area contributed by atoms with Crippen molar-refractivity contribution in [1.29, 1.82) is 0 Å². The fourth-order valence-corrected chi connectivity index (χ4v) is 2.29. The maximum Gasteiger partial charge on any atom is 0.127 e. The van der Waals surface area contributed by atoms with E-state index in [2.05, 4.69) is 36.9 Å². The molecule has 0 aromatic carbocycles. The number of dihydropyridines is 1. The number of nitrogens with zero attached hydrogens (tertiary/aromatic N) is 1. The molecule has 0 saturated heterocycles. The van der Waals surface area contributed by atoms with Gasteiger partial charge in [-0.3, -0.25) is 4.99 Å². The van der Waals surface area contributed by atoms with Gasteiger partial charge in [-0.2, -0.15) is 0 Å². The Labute approximate surface area is 83.0 Å². The van der Waals surface area contributed by atoms with E-state index in [4.69, 9.17) is 4.74 Å². The average molecular weight is 283 g/mol. The minimum absolute atomic E-state index is 0.187. The average Bonchev–Trinajstić information content (AvgIpc) is 1.99. The largest absolute Gasteiger partial charge is 0.499 e. The maximum absolute atomic E-state index is 5.18. The van der Waals surface area contributed by atoms with Crippen molar-refractivity contribution in [3.05, 3.63) is 10.2 Å². The highest BCUT2D eigenvalue weighted by Crippen LogP contribution is 2.27. The van der Waals surface area contributed by atoms with Gasteiger partial charge in [0.15, 0.2) is 0 Å². The highest BCUT2D eigenvalue weighted by molar-refractivity contribution is 9.12. The van der Waals surface area contributed by atoms with Crippen molar-refractivity contribution in [3.8, 4) is 0 Å². The normalized spacial score (nSPS) is 30.9. The molecule has 2 unspecified atom stereocenters. The number of alkyl halides is 1. The second-order valence-electron chi connectivity index (χ2n) is 2.34. The summed E-state index contributed by atoms with van der Waals surface area (Å²) < 4.78 is 6.10. The number of ether oxygens (including phenoxy) is 1. The van der Waals surface area contributed by atoms with Crippen molar-refractivity contribution in [2.75, 3.05) is 7.11 Å². The van der Waals surface area contributed by atoms with Crippen molar-refractivity contribution in [3.63, 3.8) is 0 Å². The monoisotopic (exact) mass is 281 g/mol. The van der Waals surface area contributed by atoms with Gasteiger partial charge in [0.05, 0.1) is 22.5 Å². The fourth-order valence-electron chi connectivity index (χ4n) is 0.883. The second kappa shape index (κ2) is 3.72. The lowest BCUT2D eigenvalue weighted by atomic mass is 10.2. The molecule has 0 aromatic rings. The highest BCUT2D eigenvalue weighted by atomic mass is 79.9.